The summed E-state index contributed by atoms with van der Waals surface area (Å²) in [4.78, 5) is 33.3. The molecule has 7 heteroatoms. The zero-order valence-corrected chi connectivity index (χ0v) is 17.6. The monoisotopic (exact) mass is 407 g/mol. The molecule has 1 aromatic carbocycles. The van der Waals surface area contributed by atoms with E-state index in [-0.39, 0.29) is 18.5 Å². The van der Waals surface area contributed by atoms with Crippen LogP contribution in [0.4, 0.5) is 11.4 Å². The van der Waals surface area contributed by atoms with E-state index in [1.54, 1.807) is 31.2 Å². The van der Waals surface area contributed by atoms with Gasteiger partial charge in [-0.2, -0.15) is 0 Å². The molecule has 0 atom stereocenters. The summed E-state index contributed by atoms with van der Waals surface area (Å²) in [6.45, 7) is 8.23. The highest BCUT2D eigenvalue weighted by molar-refractivity contribution is 6.05. The number of aryl methyl sites for hydroxylation is 1. The van der Waals surface area contributed by atoms with Gasteiger partial charge in [0.15, 0.2) is 5.65 Å². The predicted octanol–water partition coefficient (Wildman–Crippen LogP) is 4.67. The molecule has 0 bridgehead atoms. The van der Waals surface area contributed by atoms with E-state index >= 15 is 0 Å². The van der Waals surface area contributed by atoms with Gasteiger partial charge in [-0.05, 0) is 56.2 Å². The van der Waals surface area contributed by atoms with Crippen LogP contribution in [0.5, 0.6) is 0 Å². The molecule has 156 valence electrons. The molecule has 3 rings (SSSR count). The average Bonchev–Trinajstić information content (AvgIpc) is 2.72. The highest BCUT2D eigenvalue weighted by Crippen LogP contribution is 2.29. The number of anilines is 2. The third kappa shape index (κ3) is 4.92. The lowest BCUT2D eigenvalue weighted by molar-refractivity contribution is 0.0458. The summed E-state index contributed by atoms with van der Waals surface area (Å²) in [5.41, 5.74) is 3.39. The zero-order chi connectivity index (χ0) is 21.7. The first-order valence-corrected chi connectivity index (χ1v) is 9.86. The number of ether oxygens (including phenoxy) is 2. The molecule has 0 spiro atoms. The first-order chi connectivity index (χ1) is 14.4. The number of carbonyl (C=O) groups is 2. The minimum atomic E-state index is -0.469. The third-order valence-corrected chi connectivity index (χ3v) is 4.30. The molecule has 0 aliphatic heterocycles. The Balaban J connectivity index is 1.93. The maximum atomic E-state index is 12.5. The molecule has 0 saturated carbocycles. The van der Waals surface area contributed by atoms with Gasteiger partial charge in [0.1, 0.15) is 5.56 Å². The second kappa shape index (κ2) is 9.35. The number of fused-ring (bicyclic) bond motifs is 1. The Hall–Kier alpha value is -3.48. The number of hydrogen-bond acceptors (Lipinski definition) is 7. The van der Waals surface area contributed by atoms with Crippen LogP contribution < -0.4 is 5.32 Å². The first-order valence-electron chi connectivity index (χ1n) is 9.86. The van der Waals surface area contributed by atoms with Crippen molar-refractivity contribution < 1.29 is 19.1 Å². The molecule has 0 aliphatic rings. The number of rotatable bonds is 7. The highest BCUT2D eigenvalue weighted by Gasteiger charge is 2.18. The van der Waals surface area contributed by atoms with Gasteiger partial charge in [0.25, 0.3) is 0 Å². The van der Waals surface area contributed by atoms with Gasteiger partial charge in [-0.25, -0.2) is 19.6 Å². The summed E-state index contributed by atoms with van der Waals surface area (Å²) in [6.07, 6.45) is 1.47. The number of esters is 2. The van der Waals surface area contributed by atoms with Crippen LogP contribution >= 0.6 is 0 Å². The topological polar surface area (TPSA) is 90.4 Å². The van der Waals surface area contributed by atoms with E-state index < -0.39 is 5.97 Å². The van der Waals surface area contributed by atoms with Gasteiger partial charge in [-0.15, -0.1) is 0 Å². The fourth-order valence-electron chi connectivity index (χ4n) is 2.83. The van der Waals surface area contributed by atoms with E-state index in [1.807, 2.05) is 32.9 Å². The molecule has 3 aromatic rings. The van der Waals surface area contributed by atoms with E-state index in [0.717, 1.165) is 5.69 Å². The van der Waals surface area contributed by atoms with Crippen molar-refractivity contribution in [1.29, 1.82) is 0 Å². The molecular weight excluding hydrogens is 382 g/mol. The van der Waals surface area contributed by atoms with Crippen molar-refractivity contribution in [3.8, 4) is 0 Å². The molecule has 30 heavy (non-hydrogen) atoms. The Morgan fingerprint density at radius 1 is 1.03 bits per heavy atom. The largest absolute Gasteiger partial charge is 0.462 e. The molecule has 2 heterocycles. The van der Waals surface area contributed by atoms with Crippen LogP contribution in [-0.4, -0.2) is 35.1 Å². The summed E-state index contributed by atoms with van der Waals surface area (Å²) in [6, 6.07) is 10.6. The highest BCUT2D eigenvalue weighted by atomic mass is 16.5. The lowest BCUT2D eigenvalue weighted by Crippen LogP contribution is -2.11. The van der Waals surface area contributed by atoms with Crippen LogP contribution in [0.1, 0.15) is 47.2 Å². The van der Waals surface area contributed by atoms with Gasteiger partial charge in [0, 0.05) is 23.0 Å². The summed E-state index contributed by atoms with van der Waals surface area (Å²) in [5.74, 6) is -0.561. The van der Waals surface area contributed by atoms with Gasteiger partial charge in [0.05, 0.1) is 24.5 Å². The number of carbonyl (C=O) groups excluding carboxylic acids is 2. The van der Waals surface area contributed by atoms with E-state index in [0.29, 0.717) is 40.1 Å². The fourth-order valence-corrected chi connectivity index (χ4v) is 2.83. The average molecular weight is 407 g/mol. The predicted molar refractivity (Wildman–Crippen MR) is 115 cm³/mol. The fraction of sp³-hybridized carbons (Fsp3) is 0.304. The van der Waals surface area contributed by atoms with Crippen LogP contribution in [0.15, 0.2) is 42.6 Å². The van der Waals surface area contributed by atoms with E-state index in [4.69, 9.17) is 9.47 Å². The van der Waals surface area contributed by atoms with E-state index in [1.165, 1.54) is 6.20 Å². The molecule has 0 fully saturated rings. The molecule has 0 aliphatic carbocycles. The Bertz CT molecular complexity index is 1060. The summed E-state index contributed by atoms with van der Waals surface area (Å²) in [5, 5.41) is 3.96. The van der Waals surface area contributed by atoms with Crippen molar-refractivity contribution in [3.63, 3.8) is 0 Å². The zero-order valence-electron chi connectivity index (χ0n) is 17.6. The Morgan fingerprint density at radius 2 is 1.77 bits per heavy atom. The molecule has 0 unspecified atom stereocenters. The smallest absolute Gasteiger partial charge is 0.341 e. The Labute approximate surface area is 175 Å². The molecule has 0 amide bonds. The summed E-state index contributed by atoms with van der Waals surface area (Å²) < 4.78 is 10.4. The van der Waals surface area contributed by atoms with Crippen molar-refractivity contribution in [2.24, 2.45) is 5.92 Å². The number of hydrogen-bond donors (Lipinski definition) is 1. The summed E-state index contributed by atoms with van der Waals surface area (Å²) in [7, 11) is 0. The van der Waals surface area contributed by atoms with Crippen molar-refractivity contribution in [3.05, 3.63) is 59.4 Å². The van der Waals surface area contributed by atoms with Crippen molar-refractivity contribution in [1.82, 2.24) is 9.97 Å². The van der Waals surface area contributed by atoms with Gasteiger partial charge in [0.2, 0.25) is 0 Å². The lowest BCUT2D eigenvalue weighted by atomic mass is 10.1. The number of pyridine rings is 2. The lowest BCUT2D eigenvalue weighted by Gasteiger charge is -2.14. The van der Waals surface area contributed by atoms with Crippen molar-refractivity contribution in [2.45, 2.75) is 27.7 Å². The first kappa shape index (κ1) is 21.2. The quantitative estimate of drug-likeness (QED) is 0.569. The maximum absolute atomic E-state index is 12.5. The number of aromatic nitrogens is 2. The molecule has 0 radical (unpaired) electrons. The third-order valence-electron chi connectivity index (χ3n) is 4.30. The molecular formula is C23H25N3O4. The minimum absolute atomic E-state index is 0.260. The number of nitrogens with one attached hydrogen (secondary N) is 1. The normalized spacial score (nSPS) is 10.8. The van der Waals surface area contributed by atoms with Gasteiger partial charge < -0.3 is 14.8 Å². The molecule has 2 aromatic heterocycles. The number of nitrogens with zero attached hydrogens (tertiary/aromatic N) is 2. The Morgan fingerprint density at radius 3 is 2.43 bits per heavy atom. The maximum Gasteiger partial charge on any atom is 0.341 e. The van der Waals surface area contributed by atoms with Crippen LogP contribution in [0, 0.1) is 12.8 Å². The second-order valence-corrected chi connectivity index (χ2v) is 7.29. The Kier molecular flexibility index (Phi) is 6.61. The van der Waals surface area contributed by atoms with E-state index in [9.17, 15) is 9.59 Å². The van der Waals surface area contributed by atoms with Gasteiger partial charge >= 0.3 is 11.9 Å². The second-order valence-electron chi connectivity index (χ2n) is 7.29. The SMILES string of the molecule is CCOC(=O)c1cnc2nc(C)ccc2c1Nc1ccc(C(=O)OCC(C)C)cc1. The van der Waals surface area contributed by atoms with Crippen LogP contribution in [-0.2, 0) is 9.47 Å². The molecule has 0 saturated heterocycles. The standard InChI is InChI=1S/C23H25N3O4/c1-5-29-23(28)19-12-24-21-18(11-6-15(4)25-21)20(19)26-17-9-7-16(8-10-17)22(27)30-13-14(2)3/h6-12,14H,5,13H2,1-4H3,(H,24,25,26). The molecule has 1 N–H and O–H groups in total. The van der Waals surface area contributed by atoms with Crippen LogP contribution in [0.3, 0.4) is 0 Å². The van der Waals surface area contributed by atoms with Crippen molar-refractivity contribution in [2.75, 3.05) is 18.5 Å². The number of benzene rings is 1. The minimum Gasteiger partial charge on any atom is -0.462 e. The molecule has 7 nitrogen and oxygen atoms in total. The van der Waals surface area contributed by atoms with E-state index in [2.05, 4.69) is 15.3 Å². The summed E-state index contributed by atoms with van der Waals surface area (Å²) >= 11 is 0. The van der Waals surface area contributed by atoms with Crippen LogP contribution in [0.2, 0.25) is 0 Å². The van der Waals surface area contributed by atoms with Crippen LogP contribution in [0.25, 0.3) is 11.0 Å². The van der Waals surface area contributed by atoms with Crippen molar-refractivity contribution >= 4 is 34.3 Å². The van der Waals surface area contributed by atoms with Gasteiger partial charge in [-0.1, -0.05) is 13.8 Å². The van der Waals surface area contributed by atoms with Gasteiger partial charge in [-0.3, -0.25) is 0 Å².